The average Bonchev–Trinajstić information content (AvgIpc) is 2.58. The van der Waals surface area contributed by atoms with E-state index in [1.165, 1.54) is 11.5 Å². The smallest absolute Gasteiger partial charge is 0.255 e. The minimum atomic E-state index is -2.34. The van der Waals surface area contributed by atoms with Crippen molar-refractivity contribution in [1.82, 2.24) is 4.37 Å². The SMILES string of the molecule is FC(F)CNc1snc2ccccc12. The van der Waals surface area contributed by atoms with E-state index in [0.717, 1.165) is 10.9 Å². The molecular weight excluding hydrogens is 206 g/mol. The highest BCUT2D eigenvalue weighted by Crippen LogP contribution is 2.27. The summed E-state index contributed by atoms with van der Waals surface area (Å²) in [6.45, 7) is -0.327. The Labute approximate surface area is 83.7 Å². The maximum atomic E-state index is 11.9. The molecule has 0 saturated carbocycles. The number of anilines is 1. The van der Waals surface area contributed by atoms with Crippen LogP contribution in [0.2, 0.25) is 0 Å². The first-order chi connectivity index (χ1) is 6.77. The number of benzene rings is 1. The number of rotatable bonds is 3. The van der Waals surface area contributed by atoms with E-state index in [4.69, 9.17) is 0 Å². The van der Waals surface area contributed by atoms with E-state index in [1.54, 1.807) is 0 Å². The summed E-state index contributed by atoms with van der Waals surface area (Å²) in [5.41, 5.74) is 0.842. The van der Waals surface area contributed by atoms with Gasteiger partial charge in [0.15, 0.2) is 0 Å². The molecule has 0 amide bonds. The van der Waals surface area contributed by atoms with Crippen molar-refractivity contribution in [3.63, 3.8) is 0 Å². The lowest BCUT2D eigenvalue weighted by molar-refractivity contribution is 0.163. The van der Waals surface area contributed by atoms with Crippen molar-refractivity contribution in [1.29, 1.82) is 0 Å². The largest absolute Gasteiger partial charge is 0.369 e. The van der Waals surface area contributed by atoms with Crippen LogP contribution in [0, 0.1) is 0 Å². The Balaban J connectivity index is 2.25. The van der Waals surface area contributed by atoms with E-state index >= 15 is 0 Å². The third-order valence-corrected chi connectivity index (χ3v) is 2.64. The summed E-state index contributed by atoms with van der Waals surface area (Å²) in [6.07, 6.45) is -2.34. The predicted octanol–water partition coefficient (Wildman–Crippen LogP) is 2.97. The van der Waals surface area contributed by atoms with Gasteiger partial charge in [-0.15, -0.1) is 0 Å². The molecule has 0 aliphatic carbocycles. The molecule has 1 aromatic carbocycles. The average molecular weight is 214 g/mol. The number of hydrogen-bond donors (Lipinski definition) is 1. The van der Waals surface area contributed by atoms with Gasteiger partial charge in [0.2, 0.25) is 0 Å². The molecule has 0 saturated heterocycles. The lowest BCUT2D eigenvalue weighted by atomic mass is 10.2. The van der Waals surface area contributed by atoms with Crippen molar-refractivity contribution in [3.8, 4) is 0 Å². The lowest BCUT2D eigenvalue weighted by Crippen LogP contribution is -2.09. The Kier molecular flexibility index (Phi) is 2.58. The van der Waals surface area contributed by atoms with E-state index < -0.39 is 6.43 Å². The van der Waals surface area contributed by atoms with E-state index in [-0.39, 0.29) is 6.54 Å². The van der Waals surface area contributed by atoms with Crippen molar-refractivity contribution in [3.05, 3.63) is 24.3 Å². The first-order valence-corrected chi connectivity index (χ1v) is 4.91. The van der Waals surface area contributed by atoms with Crippen LogP contribution in [-0.4, -0.2) is 17.3 Å². The van der Waals surface area contributed by atoms with Crippen LogP contribution in [-0.2, 0) is 0 Å². The van der Waals surface area contributed by atoms with Gasteiger partial charge < -0.3 is 5.32 Å². The first-order valence-electron chi connectivity index (χ1n) is 4.14. The molecule has 2 aromatic rings. The van der Waals surface area contributed by atoms with Gasteiger partial charge in [0.25, 0.3) is 6.43 Å². The van der Waals surface area contributed by atoms with Crippen LogP contribution in [0.25, 0.3) is 10.9 Å². The normalized spacial score (nSPS) is 11.1. The third kappa shape index (κ3) is 1.82. The summed E-state index contributed by atoms with van der Waals surface area (Å²) in [5, 5.41) is 4.28. The van der Waals surface area contributed by atoms with Crippen LogP contribution >= 0.6 is 11.5 Å². The van der Waals surface area contributed by atoms with Crippen LogP contribution in [0.1, 0.15) is 0 Å². The number of halogens is 2. The van der Waals surface area contributed by atoms with E-state index in [9.17, 15) is 8.78 Å². The summed E-state index contributed by atoms with van der Waals surface area (Å²) < 4.78 is 28.0. The molecule has 0 aliphatic heterocycles. The maximum absolute atomic E-state index is 11.9. The Bertz CT molecular complexity index is 427. The fourth-order valence-electron chi connectivity index (χ4n) is 1.19. The van der Waals surface area contributed by atoms with Crippen molar-refractivity contribution in [2.24, 2.45) is 0 Å². The van der Waals surface area contributed by atoms with E-state index in [2.05, 4.69) is 9.69 Å². The minimum Gasteiger partial charge on any atom is -0.369 e. The molecule has 14 heavy (non-hydrogen) atoms. The quantitative estimate of drug-likeness (QED) is 0.849. The lowest BCUT2D eigenvalue weighted by Gasteiger charge is -2.01. The van der Waals surface area contributed by atoms with E-state index in [1.807, 2.05) is 24.3 Å². The highest BCUT2D eigenvalue weighted by Gasteiger charge is 2.07. The molecule has 5 heteroatoms. The van der Waals surface area contributed by atoms with Crippen LogP contribution in [0.4, 0.5) is 13.8 Å². The summed E-state index contributed by atoms with van der Waals surface area (Å²) in [5.74, 6) is 0. The number of hydrogen-bond acceptors (Lipinski definition) is 3. The second-order valence-corrected chi connectivity index (χ2v) is 3.57. The van der Waals surface area contributed by atoms with Crippen molar-refractivity contribution < 1.29 is 8.78 Å². The monoisotopic (exact) mass is 214 g/mol. The second kappa shape index (κ2) is 3.88. The van der Waals surface area contributed by atoms with Gasteiger partial charge in [0.1, 0.15) is 5.00 Å². The summed E-state index contributed by atoms with van der Waals surface area (Å²) >= 11 is 1.21. The molecule has 74 valence electrons. The molecular formula is C9H8F2N2S. The third-order valence-electron chi connectivity index (χ3n) is 1.80. The Morgan fingerprint density at radius 3 is 2.93 bits per heavy atom. The molecule has 2 nitrogen and oxygen atoms in total. The van der Waals surface area contributed by atoms with Gasteiger partial charge in [-0.3, -0.25) is 0 Å². The second-order valence-electron chi connectivity index (χ2n) is 2.80. The molecule has 0 bridgehead atoms. The molecule has 1 N–H and O–H groups in total. The Hall–Kier alpha value is -1.23. The molecule has 0 spiro atoms. The molecule has 1 heterocycles. The highest BCUT2D eigenvalue weighted by atomic mass is 32.1. The fraction of sp³-hybridized carbons (Fsp3) is 0.222. The predicted molar refractivity (Wildman–Crippen MR) is 54.1 cm³/mol. The Morgan fingerprint density at radius 1 is 1.36 bits per heavy atom. The fourth-order valence-corrected chi connectivity index (χ4v) is 1.95. The zero-order valence-electron chi connectivity index (χ0n) is 7.21. The molecule has 0 fully saturated rings. The van der Waals surface area contributed by atoms with Gasteiger partial charge in [-0.1, -0.05) is 12.1 Å². The van der Waals surface area contributed by atoms with Gasteiger partial charge in [0.05, 0.1) is 12.1 Å². The van der Waals surface area contributed by atoms with Gasteiger partial charge in [-0.05, 0) is 23.7 Å². The van der Waals surface area contributed by atoms with Gasteiger partial charge in [-0.2, -0.15) is 4.37 Å². The molecule has 0 aliphatic rings. The van der Waals surface area contributed by atoms with Crippen LogP contribution in [0.15, 0.2) is 24.3 Å². The van der Waals surface area contributed by atoms with Crippen molar-refractivity contribution >= 4 is 27.4 Å². The zero-order valence-corrected chi connectivity index (χ0v) is 8.02. The van der Waals surface area contributed by atoms with Gasteiger partial charge in [-0.25, -0.2) is 8.78 Å². The Morgan fingerprint density at radius 2 is 2.14 bits per heavy atom. The molecule has 1 aromatic heterocycles. The van der Waals surface area contributed by atoms with Gasteiger partial charge in [0, 0.05) is 5.39 Å². The highest BCUT2D eigenvalue weighted by molar-refractivity contribution is 7.11. The number of alkyl halides is 2. The van der Waals surface area contributed by atoms with Crippen LogP contribution in [0.3, 0.4) is 0 Å². The number of aromatic nitrogens is 1. The number of nitrogens with zero attached hydrogens (tertiary/aromatic N) is 1. The van der Waals surface area contributed by atoms with Gasteiger partial charge >= 0.3 is 0 Å². The van der Waals surface area contributed by atoms with Crippen molar-refractivity contribution in [2.45, 2.75) is 6.43 Å². The maximum Gasteiger partial charge on any atom is 0.255 e. The first kappa shape index (κ1) is 9.33. The number of fused-ring (bicyclic) bond motifs is 1. The standard InChI is InChI=1S/C9H8F2N2S/c10-8(11)5-12-9-6-3-1-2-4-7(6)13-14-9/h1-4,8,12H,5H2. The summed E-state index contributed by atoms with van der Waals surface area (Å²) in [6, 6.07) is 7.47. The zero-order chi connectivity index (χ0) is 9.97. The molecule has 0 unspecified atom stereocenters. The van der Waals surface area contributed by atoms with Crippen LogP contribution < -0.4 is 5.32 Å². The molecule has 0 atom stereocenters. The van der Waals surface area contributed by atoms with Crippen LogP contribution in [0.5, 0.6) is 0 Å². The minimum absolute atomic E-state index is 0.327. The van der Waals surface area contributed by atoms with E-state index in [0.29, 0.717) is 5.00 Å². The number of nitrogens with one attached hydrogen (secondary N) is 1. The summed E-state index contributed by atoms with van der Waals surface area (Å²) in [4.78, 5) is 0. The van der Waals surface area contributed by atoms with Crippen molar-refractivity contribution in [2.75, 3.05) is 11.9 Å². The topological polar surface area (TPSA) is 24.9 Å². The summed E-state index contributed by atoms with van der Waals surface area (Å²) in [7, 11) is 0. The molecule has 2 rings (SSSR count). The molecule has 0 radical (unpaired) electrons.